The van der Waals surface area contributed by atoms with Crippen molar-refractivity contribution in [2.45, 2.75) is 26.5 Å². The molecule has 0 spiro atoms. The topological polar surface area (TPSA) is 64.4 Å². The monoisotopic (exact) mass is 350 g/mol. The summed E-state index contributed by atoms with van der Waals surface area (Å²) in [6.07, 6.45) is 4.10. The zero-order chi connectivity index (χ0) is 18.6. The fourth-order valence-electron chi connectivity index (χ4n) is 2.79. The number of ether oxygens (including phenoxy) is 1. The van der Waals surface area contributed by atoms with E-state index >= 15 is 0 Å². The third-order valence-electron chi connectivity index (χ3n) is 4.27. The number of esters is 1. The lowest BCUT2D eigenvalue weighted by molar-refractivity contribution is -0.151. The van der Waals surface area contributed by atoms with Crippen molar-refractivity contribution in [3.8, 4) is 17.0 Å². The van der Waals surface area contributed by atoms with Crippen LogP contribution in [-0.2, 0) is 11.3 Å². The van der Waals surface area contributed by atoms with Crippen molar-refractivity contribution in [3.05, 3.63) is 73.2 Å². The second-order valence-corrected chi connectivity index (χ2v) is 6.92. The number of aromatic nitrogens is 2. The van der Waals surface area contributed by atoms with Crippen LogP contribution in [0.3, 0.4) is 0 Å². The van der Waals surface area contributed by atoms with Gasteiger partial charge >= 0.3 is 5.97 Å². The summed E-state index contributed by atoms with van der Waals surface area (Å²) in [6, 6.07) is 17.1. The van der Waals surface area contributed by atoms with Gasteiger partial charge in [0.05, 0.1) is 0 Å². The maximum Gasteiger partial charge on any atom is 0.342 e. The van der Waals surface area contributed by atoms with Gasteiger partial charge in [0.15, 0.2) is 6.10 Å². The molecule has 1 aromatic carbocycles. The van der Waals surface area contributed by atoms with Crippen molar-refractivity contribution >= 4 is 5.97 Å². The Morgan fingerprint density at radius 3 is 2.50 bits per heavy atom. The smallest absolute Gasteiger partial charge is 0.342 e. The number of hydrogen-bond donors (Lipinski definition) is 1. The van der Waals surface area contributed by atoms with Crippen molar-refractivity contribution in [2.24, 2.45) is 5.41 Å². The van der Waals surface area contributed by atoms with Gasteiger partial charge in [0.1, 0.15) is 0 Å². The Morgan fingerprint density at radius 1 is 1.12 bits per heavy atom. The molecule has 3 rings (SSSR count). The van der Waals surface area contributed by atoms with Gasteiger partial charge in [-0.1, -0.05) is 44.2 Å². The van der Waals surface area contributed by atoms with Gasteiger partial charge in [-0.15, -0.1) is 0 Å². The number of nitrogens with zero attached hydrogens (tertiary/aromatic N) is 2. The minimum Gasteiger partial charge on any atom is -0.406 e. The van der Waals surface area contributed by atoms with Crippen LogP contribution >= 0.6 is 0 Å². The molecule has 26 heavy (non-hydrogen) atoms. The summed E-state index contributed by atoms with van der Waals surface area (Å²) in [7, 11) is 0. The first-order valence-electron chi connectivity index (χ1n) is 8.48. The first kappa shape index (κ1) is 17.9. The molecule has 0 aliphatic carbocycles. The second-order valence-electron chi connectivity index (χ2n) is 6.92. The van der Waals surface area contributed by atoms with E-state index in [1.165, 1.54) is 0 Å². The van der Waals surface area contributed by atoms with Crippen molar-refractivity contribution < 1.29 is 14.6 Å². The van der Waals surface area contributed by atoms with Crippen LogP contribution in [-0.4, -0.2) is 26.7 Å². The third kappa shape index (κ3) is 4.18. The molecule has 0 aliphatic rings. The highest BCUT2D eigenvalue weighted by atomic mass is 16.6. The van der Waals surface area contributed by atoms with Gasteiger partial charge in [0.2, 0.25) is 5.88 Å². The summed E-state index contributed by atoms with van der Waals surface area (Å²) in [5, 5.41) is 10.5. The van der Waals surface area contributed by atoms with Gasteiger partial charge in [-0.2, -0.15) is 0 Å². The van der Waals surface area contributed by atoms with Crippen molar-refractivity contribution in [3.63, 3.8) is 0 Å². The average molecular weight is 350 g/mol. The number of carbonyl (C=O) groups excluding carboxylic acids is 1. The molecule has 3 aromatic rings. The molecule has 0 saturated carbocycles. The van der Waals surface area contributed by atoms with Crippen LogP contribution in [0.25, 0.3) is 11.1 Å². The first-order chi connectivity index (χ1) is 12.5. The molecule has 134 valence electrons. The van der Waals surface area contributed by atoms with Crippen LogP contribution in [0.5, 0.6) is 5.88 Å². The maximum atomic E-state index is 12.4. The number of carbonyl (C=O) groups is 1. The van der Waals surface area contributed by atoms with Crippen molar-refractivity contribution in [2.75, 3.05) is 0 Å². The molecule has 0 saturated heterocycles. The number of aliphatic hydroxyl groups is 1. The number of benzene rings is 1. The molecule has 0 radical (unpaired) electrons. The Hall–Kier alpha value is -2.92. The van der Waals surface area contributed by atoms with Crippen LogP contribution in [0.15, 0.2) is 73.2 Å². The predicted molar refractivity (Wildman–Crippen MR) is 99.5 cm³/mol. The summed E-state index contributed by atoms with van der Waals surface area (Å²) in [5.74, 6) is -0.535. The Bertz CT molecular complexity index is 858. The Kier molecular flexibility index (Phi) is 5.19. The Morgan fingerprint density at radius 2 is 1.81 bits per heavy atom. The molecule has 0 aliphatic heterocycles. The molecule has 0 bridgehead atoms. The molecule has 5 nitrogen and oxygen atoms in total. The van der Waals surface area contributed by atoms with Gasteiger partial charge in [-0.25, -0.2) is 9.78 Å². The van der Waals surface area contributed by atoms with E-state index in [4.69, 9.17) is 4.74 Å². The Labute approximate surface area is 152 Å². The quantitative estimate of drug-likeness (QED) is 0.691. The largest absolute Gasteiger partial charge is 0.406 e. The summed E-state index contributed by atoms with van der Waals surface area (Å²) in [6.45, 7) is 4.15. The molecule has 5 heteroatoms. The number of hydrogen-bond acceptors (Lipinski definition) is 4. The van der Waals surface area contributed by atoms with Gasteiger partial charge in [-0.3, -0.25) is 0 Å². The predicted octanol–water partition coefficient (Wildman–Crippen LogP) is 3.54. The zero-order valence-electron chi connectivity index (χ0n) is 14.9. The van der Waals surface area contributed by atoms with E-state index in [0.717, 1.165) is 11.1 Å². The van der Waals surface area contributed by atoms with Crippen LogP contribution < -0.4 is 4.74 Å². The highest BCUT2D eigenvalue weighted by molar-refractivity contribution is 5.78. The van der Waals surface area contributed by atoms with Crippen molar-refractivity contribution in [1.82, 2.24) is 9.55 Å². The molecule has 2 aromatic heterocycles. The lowest BCUT2D eigenvalue weighted by Crippen LogP contribution is -2.41. The van der Waals surface area contributed by atoms with Crippen LogP contribution in [0.2, 0.25) is 0 Å². The normalized spacial score (nSPS) is 12.6. The van der Waals surface area contributed by atoms with Crippen molar-refractivity contribution in [1.29, 1.82) is 0 Å². The van der Waals surface area contributed by atoms with E-state index in [-0.39, 0.29) is 5.88 Å². The molecule has 1 N–H and O–H groups in total. The third-order valence-corrected chi connectivity index (χ3v) is 4.27. The Balaban J connectivity index is 1.71. The molecular weight excluding hydrogens is 328 g/mol. The number of pyridine rings is 1. The molecule has 1 atom stereocenters. The summed E-state index contributed by atoms with van der Waals surface area (Å²) < 4.78 is 7.26. The molecule has 0 fully saturated rings. The van der Waals surface area contributed by atoms with Crippen LogP contribution in [0, 0.1) is 5.41 Å². The van der Waals surface area contributed by atoms with Gasteiger partial charge in [0.25, 0.3) is 0 Å². The van der Waals surface area contributed by atoms with E-state index in [9.17, 15) is 9.90 Å². The first-order valence-corrected chi connectivity index (χ1v) is 8.48. The van der Waals surface area contributed by atoms with E-state index in [2.05, 4.69) is 4.98 Å². The van der Waals surface area contributed by atoms with E-state index in [0.29, 0.717) is 6.54 Å². The van der Waals surface area contributed by atoms with Gasteiger partial charge in [-0.05, 0) is 29.3 Å². The minimum atomic E-state index is -1.27. The molecule has 0 amide bonds. The highest BCUT2D eigenvalue weighted by Crippen LogP contribution is 2.26. The molecule has 2 heterocycles. The SMILES string of the molecule is CC(C)(Cn1cccc1)C(O)C(=O)Oc1cc(-c2ccccc2)ccn1. The van der Waals surface area contributed by atoms with Gasteiger partial charge < -0.3 is 14.4 Å². The highest BCUT2D eigenvalue weighted by Gasteiger charge is 2.35. The molecular formula is C21H22N2O3. The minimum absolute atomic E-state index is 0.173. The van der Waals surface area contributed by atoms with Crippen LogP contribution in [0.1, 0.15) is 13.8 Å². The summed E-state index contributed by atoms with van der Waals surface area (Å²) >= 11 is 0. The standard InChI is InChI=1S/C21H22N2O3/c1-21(2,15-23-12-6-7-13-23)19(24)20(25)26-18-14-17(10-11-22-18)16-8-4-3-5-9-16/h3-14,19,24H,15H2,1-2H3. The summed E-state index contributed by atoms with van der Waals surface area (Å²) in [5.41, 5.74) is 1.21. The maximum absolute atomic E-state index is 12.4. The van der Waals surface area contributed by atoms with E-state index in [1.54, 1.807) is 12.3 Å². The lowest BCUT2D eigenvalue weighted by atomic mass is 9.86. The van der Waals surface area contributed by atoms with Gasteiger partial charge in [0, 0.05) is 36.6 Å². The molecule has 1 unspecified atom stereocenters. The van der Waals surface area contributed by atoms with E-state index < -0.39 is 17.5 Å². The lowest BCUT2D eigenvalue weighted by Gasteiger charge is -2.29. The van der Waals surface area contributed by atoms with Crippen LogP contribution in [0.4, 0.5) is 0 Å². The zero-order valence-corrected chi connectivity index (χ0v) is 14.9. The fraction of sp³-hybridized carbons (Fsp3) is 0.238. The second kappa shape index (κ2) is 7.54. The average Bonchev–Trinajstić information content (AvgIpc) is 3.14. The summed E-state index contributed by atoms with van der Waals surface area (Å²) in [4.78, 5) is 16.5. The van der Waals surface area contributed by atoms with E-state index in [1.807, 2.05) is 79.3 Å². The number of rotatable bonds is 6. The number of aliphatic hydroxyl groups excluding tert-OH is 1. The fourth-order valence-corrected chi connectivity index (χ4v) is 2.79.